The molecule has 0 radical (unpaired) electrons. The minimum atomic E-state index is -4.83. The molecule has 3 aromatic rings. The van der Waals surface area contributed by atoms with Crippen molar-refractivity contribution in [3.8, 4) is 5.69 Å². The van der Waals surface area contributed by atoms with Crippen molar-refractivity contribution in [2.75, 3.05) is 13.2 Å². The minimum absolute atomic E-state index is 0.0578. The molecule has 1 aliphatic rings. The maximum absolute atomic E-state index is 13.7. The highest BCUT2D eigenvalue weighted by Gasteiger charge is 2.41. The van der Waals surface area contributed by atoms with E-state index in [1.54, 1.807) is 4.90 Å². The van der Waals surface area contributed by atoms with Gasteiger partial charge in [-0.1, -0.05) is 0 Å². The fraction of sp³-hybridized carbons (Fsp3) is 0.318. The van der Waals surface area contributed by atoms with Gasteiger partial charge in [0.2, 0.25) is 0 Å². The van der Waals surface area contributed by atoms with Crippen LogP contribution in [0.3, 0.4) is 0 Å². The predicted octanol–water partition coefficient (Wildman–Crippen LogP) is 4.09. The van der Waals surface area contributed by atoms with E-state index in [0.29, 0.717) is 23.3 Å². The lowest BCUT2D eigenvalue weighted by Crippen LogP contribution is -2.40. The molecule has 0 saturated carbocycles. The zero-order chi connectivity index (χ0) is 23.0. The summed E-state index contributed by atoms with van der Waals surface area (Å²) in [4.78, 5) is 26.7. The number of ether oxygens (including phenoxy) is 1. The van der Waals surface area contributed by atoms with Crippen molar-refractivity contribution >= 4 is 11.9 Å². The second-order valence-corrected chi connectivity index (χ2v) is 7.38. The molecule has 0 saturated heterocycles. The summed E-state index contributed by atoms with van der Waals surface area (Å²) in [5.41, 5.74) is -0.430. The van der Waals surface area contributed by atoms with Crippen LogP contribution in [0.5, 0.6) is 0 Å². The third-order valence-electron chi connectivity index (χ3n) is 5.49. The summed E-state index contributed by atoms with van der Waals surface area (Å²) in [6, 6.07) is 9.45. The van der Waals surface area contributed by atoms with Crippen molar-refractivity contribution < 1.29 is 27.5 Å². The summed E-state index contributed by atoms with van der Waals surface area (Å²) >= 11 is 0. The van der Waals surface area contributed by atoms with Gasteiger partial charge in [0.25, 0.3) is 5.91 Å². The van der Waals surface area contributed by atoms with Gasteiger partial charge in [-0.15, -0.1) is 0 Å². The van der Waals surface area contributed by atoms with Gasteiger partial charge < -0.3 is 14.2 Å². The van der Waals surface area contributed by atoms with Crippen LogP contribution in [0.15, 0.2) is 48.8 Å². The Kier molecular flexibility index (Phi) is 5.53. The van der Waals surface area contributed by atoms with Gasteiger partial charge in [-0.25, -0.2) is 9.48 Å². The Labute approximate surface area is 182 Å². The molecule has 1 atom stereocenters. The number of esters is 1. The summed E-state index contributed by atoms with van der Waals surface area (Å²) in [6.07, 6.45) is -2.02. The van der Waals surface area contributed by atoms with Gasteiger partial charge >= 0.3 is 12.1 Å². The number of carbonyl (C=O) groups is 2. The third-order valence-corrected chi connectivity index (χ3v) is 5.49. The number of rotatable bonds is 4. The molecule has 0 N–H and O–H groups in total. The fourth-order valence-electron chi connectivity index (χ4n) is 3.94. The standard InChI is InChI=1S/C22H21F3N4O3/c1-3-32-21(31)17-13-26-29(19(17)22(23,24)25)16-8-6-15(7-9-16)20(30)28-12-11-27-10-4-5-18(27)14(28)2/h4-10,13-14H,3,11-12H2,1-2H3. The van der Waals surface area contributed by atoms with E-state index >= 15 is 0 Å². The van der Waals surface area contributed by atoms with Gasteiger partial charge in [-0.2, -0.15) is 18.3 Å². The lowest BCUT2D eigenvalue weighted by Gasteiger charge is -2.35. The van der Waals surface area contributed by atoms with Crippen molar-refractivity contribution in [3.63, 3.8) is 0 Å². The average Bonchev–Trinajstić information content (AvgIpc) is 3.41. The molecular formula is C22H21F3N4O3. The van der Waals surface area contributed by atoms with Crippen LogP contribution < -0.4 is 0 Å². The van der Waals surface area contributed by atoms with Gasteiger partial charge in [0.05, 0.1) is 24.5 Å². The van der Waals surface area contributed by atoms with E-state index in [9.17, 15) is 22.8 Å². The highest BCUT2D eigenvalue weighted by molar-refractivity contribution is 5.95. The van der Waals surface area contributed by atoms with Gasteiger partial charge in [0.15, 0.2) is 5.69 Å². The number of hydrogen-bond acceptors (Lipinski definition) is 4. The van der Waals surface area contributed by atoms with Crippen LogP contribution in [0, 0.1) is 0 Å². The molecule has 1 amide bonds. The highest BCUT2D eigenvalue weighted by atomic mass is 19.4. The molecule has 1 aliphatic heterocycles. The monoisotopic (exact) mass is 446 g/mol. The topological polar surface area (TPSA) is 69.4 Å². The van der Waals surface area contributed by atoms with E-state index < -0.39 is 23.4 Å². The lowest BCUT2D eigenvalue weighted by atomic mass is 10.1. The summed E-state index contributed by atoms with van der Waals surface area (Å²) in [5, 5.41) is 3.75. The molecule has 2 aromatic heterocycles. The number of alkyl halides is 3. The summed E-state index contributed by atoms with van der Waals surface area (Å²) < 4.78 is 48.5. The SMILES string of the molecule is CCOC(=O)c1cnn(-c2ccc(C(=O)N3CCn4cccc4C3C)cc2)c1C(F)(F)F. The Balaban J connectivity index is 1.62. The predicted molar refractivity (Wildman–Crippen MR) is 108 cm³/mol. The number of aromatic nitrogens is 3. The quantitative estimate of drug-likeness (QED) is 0.567. The number of nitrogens with zero attached hydrogens (tertiary/aromatic N) is 4. The number of halogens is 3. The molecule has 0 spiro atoms. The zero-order valence-corrected chi connectivity index (χ0v) is 17.5. The largest absolute Gasteiger partial charge is 0.462 e. The molecule has 0 bridgehead atoms. The number of carbonyl (C=O) groups excluding carboxylic acids is 2. The Morgan fingerprint density at radius 3 is 2.53 bits per heavy atom. The molecule has 3 heterocycles. The first-order valence-electron chi connectivity index (χ1n) is 10.1. The molecule has 4 rings (SSSR count). The molecule has 0 fully saturated rings. The normalized spacial score (nSPS) is 16.0. The van der Waals surface area contributed by atoms with Crippen molar-refractivity contribution in [1.82, 2.24) is 19.2 Å². The second-order valence-electron chi connectivity index (χ2n) is 7.38. The third kappa shape index (κ3) is 3.76. The Hall–Kier alpha value is -3.56. The summed E-state index contributed by atoms with van der Waals surface area (Å²) in [5.74, 6) is -1.30. The van der Waals surface area contributed by atoms with E-state index in [-0.39, 0.29) is 24.2 Å². The van der Waals surface area contributed by atoms with Crippen molar-refractivity contribution in [3.05, 3.63) is 71.3 Å². The maximum atomic E-state index is 13.7. The van der Waals surface area contributed by atoms with Gasteiger partial charge in [-0.3, -0.25) is 4.79 Å². The number of hydrogen-bond donors (Lipinski definition) is 0. The Morgan fingerprint density at radius 1 is 1.16 bits per heavy atom. The molecule has 0 aliphatic carbocycles. The number of amides is 1. The minimum Gasteiger partial charge on any atom is -0.462 e. The molecule has 10 heteroatoms. The number of fused-ring (bicyclic) bond motifs is 1. The van der Waals surface area contributed by atoms with Crippen LogP contribution in [0.2, 0.25) is 0 Å². The van der Waals surface area contributed by atoms with Crippen LogP contribution in [0.4, 0.5) is 13.2 Å². The molecule has 1 aromatic carbocycles. The van der Waals surface area contributed by atoms with Crippen LogP contribution in [0.1, 0.15) is 52.0 Å². The van der Waals surface area contributed by atoms with Crippen LogP contribution in [-0.4, -0.2) is 44.3 Å². The van der Waals surface area contributed by atoms with E-state index in [4.69, 9.17) is 4.74 Å². The first-order chi connectivity index (χ1) is 15.2. The Bertz CT molecular complexity index is 1150. The molecule has 7 nitrogen and oxygen atoms in total. The van der Waals surface area contributed by atoms with Crippen molar-refractivity contribution in [2.45, 2.75) is 32.6 Å². The number of benzene rings is 1. The van der Waals surface area contributed by atoms with E-state index in [1.165, 1.54) is 31.2 Å². The van der Waals surface area contributed by atoms with Crippen molar-refractivity contribution in [1.29, 1.82) is 0 Å². The van der Waals surface area contributed by atoms with Gasteiger partial charge in [0.1, 0.15) is 5.56 Å². The Morgan fingerprint density at radius 2 is 1.88 bits per heavy atom. The van der Waals surface area contributed by atoms with Gasteiger partial charge in [-0.05, 0) is 50.2 Å². The molecule has 168 valence electrons. The van der Waals surface area contributed by atoms with Crippen LogP contribution in [-0.2, 0) is 17.5 Å². The van der Waals surface area contributed by atoms with E-state index in [1.807, 2.05) is 25.3 Å². The maximum Gasteiger partial charge on any atom is 0.434 e. The summed E-state index contributed by atoms with van der Waals surface area (Å²) in [7, 11) is 0. The van der Waals surface area contributed by atoms with Gasteiger partial charge in [0, 0.05) is 30.5 Å². The second kappa shape index (κ2) is 8.18. The molecular weight excluding hydrogens is 425 g/mol. The van der Waals surface area contributed by atoms with E-state index in [0.717, 1.165) is 11.9 Å². The smallest absolute Gasteiger partial charge is 0.434 e. The van der Waals surface area contributed by atoms with E-state index in [2.05, 4.69) is 9.67 Å². The highest BCUT2D eigenvalue weighted by Crippen LogP contribution is 2.34. The first-order valence-corrected chi connectivity index (χ1v) is 10.1. The zero-order valence-electron chi connectivity index (χ0n) is 17.5. The van der Waals surface area contributed by atoms with Crippen LogP contribution in [0.25, 0.3) is 5.69 Å². The molecule has 1 unspecified atom stereocenters. The van der Waals surface area contributed by atoms with Crippen molar-refractivity contribution in [2.24, 2.45) is 0 Å². The van der Waals surface area contributed by atoms with Crippen LogP contribution >= 0.6 is 0 Å². The average molecular weight is 446 g/mol. The lowest BCUT2D eigenvalue weighted by molar-refractivity contribution is -0.143. The summed E-state index contributed by atoms with van der Waals surface area (Å²) in [6.45, 7) is 4.59. The fourth-order valence-corrected chi connectivity index (χ4v) is 3.94. The molecule has 32 heavy (non-hydrogen) atoms. The first kappa shape index (κ1) is 21.7.